The van der Waals surface area contributed by atoms with Crippen molar-refractivity contribution in [3.8, 4) is 0 Å². The number of ether oxygens (including phenoxy) is 1. The number of hydrogen-bond donors (Lipinski definition) is 0. The van der Waals surface area contributed by atoms with E-state index in [4.69, 9.17) is 4.74 Å². The Hall–Kier alpha value is -2.34. The summed E-state index contributed by atoms with van der Waals surface area (Å²) < 4.78 is 19.4. The van der Waals surface area contributed by atoms with Gasteiger partial charge in [0.25, 0.3) is 0 Å². The number of morpholine rings is 1. The van der Waals surface area contributed by atoms with Gasteiger partial charge in [0.2, 0.25) is 5.91 Å². The first-order chi connectivity index (χ1) is 11.6. The van der Waals surface area contributed by atoms with Gasteiger partial charge in [0, 0.05) is 19.2 Å². The number of carbonyl (C=O) groups excluding carboxylic acids is 1. The maximum absolute atomic E-state index is 13.6. The molecule has 0 radical (unpaired) electrons. The molecule has 3 rings (SSSR count). The summed E-state index contributed by atoms with van der Waals surface area (Å²) in [4.78, 5) is 22.7. The van der Waals surface area contributed by atoms with Crippen molar-refractivity contribution in [1.29, 1.82) is 0 Å². The van der Waals surface area contributed by atoms with E-state index in [1.54, 1.807) is 29.3 Å². The topological polar surface area (TPSA) is 55.3 Å². The number of amides is 1. The van der Waals surface area contributed by atoms with E-state index in [0.717, 1.165) is 5.69 Å². The molecule has 0 bridgehead atoms. The standard InChI is InChI=1S/C18H20FN3O2/c1-13-20-9-8-16(21-13)17-12-22(10-11-24-17)18(23)7-6-14-4-2-3-5-15(14)19/h2-5,8-9,17H,6-7,10-12H2,1H3/t17-/m1/s1. The van der Waals surface area contributed by atoms with Gasteiger partial charge in [0.05, 0.1) is 18.8 Å². The van der Waals surface area contributed by atoms with Crippen molar-refractivity contribution in [1.82, 2.24) is 14.9 Å². The van der Waals surface area contributed by atoms with Crippen LogP contribution < -0.4 is 0 Å². The summed E-state index contributed by atoms with van der Waals surface area (Å²) >= 11 is 0. The number of nitrogens with zero attached hydrogens (tertiary/aromatic N) is 3. The van der Waals surface area contributed by atoms with Gasteiger partial charge in [-0.15, -0.1) is 0 Å². The largest absolute Gasteiger partial charge is 0.368 e. The molecule has 2 heterocycles. The van der Waals surface area contributed by atoms with Gasteiger partial charge < -0.3 is 9.64 Å². The van der Waals surface area contributed by atoms with Crippen LogP contribution in [-0.2, 0) is 16.0 Å². The summed E-state index contributed by atoms with van der Waals surface area (Å²) in [6.07, 6.45) is 2.15. The van der Waals surface area contributed by atoms with E-state index in [-0.39, 0.29) is 24.2 Å². The molecule has 1 aromatic heterocycles. The van der Waals surface area contributed by atoms with E-state index < -0.39 is 0 Å². The average molecular weight is 329 g/mol. The lowest BCUT2D eigenvalue weighted by Crippen LogP contribution is -2.42. The third-order valence-electron chi connectivity index (χ3n) is 4.11. The number of hydrogen-bond acceptors (Lipinski definition) is 4. The van der Waals surface area contributed by atoms with Crippen molar-refractivity contribution in [2.75, 3.05) is 19.7 Å². The molecule has 1 aromatic carbocycles. The number of carbonyl (C=O) groups is 1. The zero-order valence-corrected chi connectivity index (χ0v) is 13.6. The van der Waals surface area contributed by atoms with Crippen LogP contribution in [0.2, 0.25) is 0 Å². The SMILES string of the molecule is Cc1nccc([C@H]2CN(C(=O)CCc3ccccc3F)CCO2)n1. The minimum Gasteiger partial charge on any atom is -0.368 e. The van der Waals surface area contributed by atoms with E-state index in [9.17, 15) is 9.18 Å². The quantitative estimate of drug-likeness (QED) is 0.865. The van der Waals surface area contributed by atoms with Crippen LogP contribution in [0, 0.1) is 12.7 Å². The van der Waals surface area contributed by atoms with Crippen molar-refractivity contribution < 1.29 is 13.9 Å². The Kier molecular flexibility index (Phi) is 5.15. The van der Waals surface area contributed by atoms with E-state index in [2.05, 4.69) is 9.97 Å². The smallest absolute Gasteiger partial charge is 0.223 e. The molecule has 1 atom stereocenters. The maximum atomic E-state index is 13.6. The lowest BCUT2D eigenvalue weighted by molar-refractivity contribution is -0.139. The van der Waals surface area contributed by atoms with Crippen LogP contribution in [0.3, 0.4) is 0 Å². The first-order valence-corrected chi connectivity index (χ1v) is 8.06. The number of rotatable bonds is 4. The van der Waals surface area contributed by atoms with Gasteiger partial charge in [-0.2, -0.15) is 0 Å². The third kappa shape index (κ3) is 3.94. The van der Waals surface area contributed by atoms with Crippen LogP contribution in [0.25, 0.3) is 0 Å². The Morgan fingerprint density at radius 2 is 2.21 bits per heavy atom. The Labute approximate surface area is 140 Å². The number of halogens is 1. The van der Waals surface area contributed by atoms with Crippen molar-refractivity contribution in [2.24, 2.45) is 0 Å². The fraction of sp³-hybridized carbons (Fsp3) is 0.389. The Bertz CT molecular complexity index is 723. The zero-order chi connectivity index (χ0) is 16.9. The minimum absolute atomic E-state index is 0.0114. The number of aromatic nitrogens is 2. The van der Waals surface area contributed by atoms with E-state index in [1.807, 2.05) is 13.0 Å². The normalized spacial score (nSPS) is 17.8. The highest BCUT2D eigenvalue weighted by Crippen LogP contribution is 2.21. The molecule has 1 aliphatic rings. The summed E-state index contributed by atoms with van der Waals surface area (Å²) in [6.45, 7) is 3.31. The summed E-state index contributed by atoms with van der Waals surface area (Å²) in [6, 6.07) is 8.38. The van der Waals surface area contributed by atoms with Gasteiger partial charge in [-0.25, -0.2) is 14.4 Å². The second-order valence-electron chi connectivity index (χ2n) is 5.82. The maximum Gasteiger partial charge on any atom is 0.223 e. The van der Waals surface area contributed by atoms with Gasteiger partial charge in [-0.05, 0) is 31.0 Å². The van der Waals surface area contributed by atoms with E-state index in [1.165, 1.54) is 6.07 Å². The van der Waals surface area contributed by atoms with Crippen molar-refractivity contribution >= 4 is 5.91 Å². The molecule has 1 saturated heterocycles. The van der Waals surface area contributed by atoms with Gasteiger partial charge in [-0.1, -0.05) is 18.2 Å². The average Bonchev–Trinajstić information content (AvgIpc) is 2.61. The number of benzene rings is 1. The molecule has 0 unspecified atom stereocenters. The molecule has 0 aliphatic carbocycles. The molecule has 1 fully saturated rings. The zero-order valence-electron chi connectivity index (χ0n) is 13.6. The van der Waals surface area contributed by atoms with Crippen LogP contribution in [0.1, 0.15) is 29.6 Å². The van der Waals surface area contributed by atoms with Crippen LogP contribution >= 0.6 is 0 Å². The second-order valence-corrected chi connectivity index (χ2v) is 5.82. The minimum atomic E-state index is -0.262. The second kappa shape index (κ2) is 7.49. The molecule has 0 N–H and O–H groups in total. The molecule has 0 saturated carbocycles. The van der Waals surface area contributed by atoms with Gasteiger partial charge in [0.1, 0.15) is 17.7 Å². The molecule has 5 nitrogen and oxygen atoms in total. The third-order valence-corrected chi connectivity index (χ3v) is 4.11. The van der Waals surface area contributed by atoms with Gasteiger partial charge in [-0.3, -0.25) is 4.79 Å². The van der Waals surface area contributed by atoms with Gasteiger partial charge >= 0.3 is 0 Å². The Balaban J connectivity index is 1.60. The fourth-order valence-corrected chi connectivity index (χ4v) is 2.81. The highest BCUT2D eigenvalue weighted by molar-refractivity contribution is 5.76. The van der Waals surface area contributed by atoms with Gasteiger partial charge in [0.15, 0.2) is 0 Å². The lowest BCUT2D eigenvalue weighted by Gasteiger charge is -2.32. The molecule has 126 valence electrons. The molecular weight excluding hydrogens is 309 g/mol. The molecule has 1 aliphatic heterocycles. The van der Waals surface area contributed by atoms with Crippen molar-refractivity contribution in [3.63, 3.8) is 0 Å². The van der Waals surface area contributed by atoms with Crippen LogP contribution in [0.15, 0.2) is 36.5 Å². The molecular formula is C18H20FN3O2. The molecule has 0 spiro atoms. The molecule has 6 heteroatoms. The summed E-state index contributed by atoms with van der Waals surface area (Å²) in [5, 5.41) is 0. The lowest BCUT2D eigenvalue weighted by atomic mass is 10.1. The van der Waals surface area contributed by atoms with Crippen LogP contribution in [-0.4, -0.2) is 40.5 Å². The number of aryl methyl sites for hydroxylation is 2. The van der Waals surface area contributed by atoms with Crippen LogP contribution in [0.4, 0.5) is 4.39 Å². The summed E-state index contributed by atoms with van der Waals surface area (Å²) in [7, 11) is 0. The predicted octanol–water partition coefficient (Wildman–Crippen LogP) is 2.46. The first-order valence-electron chi connectivity index (χ1n) is 8.06. The molecule has 1 amide bonds. The van der Waals surface area contributed by atoms with E-state index >= 15 is 0 Å². The van der Waals surface area contributed by atoms with Crippen molar-refractivity contribution in [3.05, 3.63) is 59.4 Å². The summed E-state index contributed by atoms with van der Waals surface area (Å²) in [5.41, 5.74) is 1.36. The predicted molar refractivity (Wildman–Crippen MR) is 86.8 cm³/mol. The van der Waals surface area contributed by atoms with E-state index in [0.29, 0.717) is 37.5 Å². The Morgan fingerprint density at radius 3 is 3.00 bits per heavy atom. The molecule has 24 heavy (non-hydrogen) atoms. The monoisotopic (exact) mass is 329 g/mol. The van der Waals surface area contributed by atoms with Crippen LogP contribution in [0.5, 0.6) is 0 Å². The highest BCUT2D eigenvalue weighted by atomic mass is 19.1. The fourth-order valence-electron chi connectivity index (χ4n) is 2.81. The van der Waals surface area contributed by atoms with Crippen molar-refractivity contribution in [2.45, 2.75) is 25.9 Å². The summed E-state index contributed by atoms with van der Waals surface area (Å²) in [5.74, 6) is 0.429. The molecule has 2 aromatic rings. The highest BCUT2D eigenvalue weighted by Gasteiger charge is 2.26. The Morgan fingerprint density at radius 1 is 1.38 bits per heavy atom. The first kappa shape index (κ1) is 16.5.